The Morgan fingerprint density at radius 2 is 2.10 bits per heavy atom. The fourth-order valence-electron chi connectivity index (χ4n) is 1.82. The molecule has 0 fully saturated rings. The van der Waals surface area contributed by atoms with Gasteiger partial charge in [0.25, 0.3) is 0 Å². The zero-order valence-electron chi connectivity index (χ0n) is 11.3. The summed E-state index contributed by atoms with van der Waals surface area (Å²) in [6.07, 6.45) is 0.617. The summed E-state index contributed by atoms with van der Waals surface area (Å²) in [4.78, 5) is 4.23. The third-order valence-corrected chi connectivity index (χ3v) is 2.74. The predicted molar refractivity (Wildman–Crippen MR) is 74.3 cm³/mol. The van der Waals surface area contributed by atoms with Crippen molar-refractivity contribution in [2.45, 2.75) is 13.0 Å². The maximum absolute atomic E-state index is 13.4. The minimum atomic E-state index is -0.329. The third kappa shape index (κ3) is 3.93. The van der Waals surface area contributed by atoms with Crippen molar-refractivity contribution in [3.05, 3.63) is 53.5 Å². The number of ether oxygens (including phenoxy) is 2. The highest BCUT2D eigenvalue weighted by molar-refractivity contribution is 5.30. The largest absolute Gasteiger partial charge is 0.487 e. The molecule has 0 aliphatic rings. The number of hydrogen-bond acceptors (Lipinski definition) is 4. The van der Waals surface area contributed by atoms with E-state index in [1.165, 1.54) is 12.1 Å². The molecule has 2 N–H and O–H groups in total. The van der Waals surface area contributed by atoms with Crippen molar-refractivity contribution in [1.29, 1.82) is 0 Å². The lowest BCUT2D eigenvalue weighted by atomic mass is 10.1. The Labute approximate surface area is 117 Å². The second-order valence-electron chi connectivity index (χ2n) is 4.29. The maximum atomic E-state index is 13.4. The van der Waals surface area contributed by atoms with Crippen LogP contribution < -0.4 is 15.2 Å². The van der Waals surface area contributed by atoms with E-state index in [-0.39, 0.29) is 12.4 Å². The first-order chi connectivity index (χ1) is 9.71. The van der Waals surface area contributed by atoms with Gasteiger partial charge >= 0.3 is 0 Å². The molecule has 4 nitrogen and oxygen atoms in total. The van der Waals surface area contributed by atoms with Crippen LogP contribution in [-0.2, 0) is 13.0 Å². The Bertz CT molecular complexity index is 576. The normalized spacial score (nSPS) is 10.3. The van der Waals surface area contributed by atoms with Crippen LogP contribution in [0.2, 0.25) is 0 Å². The molecule has 0 saturated heterocycles. The minimum absolute atomic E-state index is 0.253. The zero-order chi connectivity index (χ0) is 14.4. The first-order valence-electron chi connectivity index (χ1n) is 6.33. The first-order valence-corrected chi connectivity index (χ1v) is 6.33. The van der Waals surface area contributed by atoms with E-state index in [2.05, 4.69) is 4.98 Å². The van der Waals surface area contributed by atoms with Gasteiger partial charge in [0.05, 0.1) is 12.8 Å². The van der Waals surface area contributed by atoms with E-state index in [4.69, 9.17) is 15.2 Å². The van der Waals surface area contributed by atoms with E-state index in [1.54, 1.807) is 19.2 Å². The van der Waals surface area contributed by atoms with E-state index < -0.39 is 0 Å². The van der Waals surface area contributed by atoms with E-state index in [0.717, 1.165) is 5.56 Å². The van der Waals surface area contributed by atoms with E-state index in [9.17, 15) is 4.39 Å². The Morgan fingerprint density at radius 3 is 2.85 bits per heavy atom. The first kappa shape index (κ1) is 14.3. The number of methoxy groups -OCH3 is 1. The van der Waals surface area contributed by atoms with Gasteiger partial charge in [0.1, 0.15) is 18.2 Å². The van der Waals surface area contributed by atoms with Gasteiger partial charge in [0.2, 0.25) is 5.88 Å². The highest BCUT2D eigenvalue weighted by Crippen LogP contribution is 2.18. The van der Waals surface area contributed by atoms with Crippen LogP contribution in [-0.4, -0.2) is 18.6 Å². The molecule has 0 unspecified atom stereocenters. The molecule has 1 aromatic heterocycles. The van der Waals surface area contributed by atoms with Crippen molar-refractivity contribution in [2.24, 2.45) is 5.73 Å². The molecule has 106 valence electrons. The molecule has 0 aliphatic carbocycles. The summed E-state index contributed by atoms with van der Waals surface area (Å²) in [6, 6.07) is 10.0. The lowest BCUT2D eigenvalue weighted by Gasteiger charge is -2.09. The molecule has 0 atom stereocenters. The smallest absolute Gasteiger partial charge is 0.213 e. The van der Waals surface area contributed by atoms with Crippen LogP contribution in [0.25, 0.3) is 0 Å². The van der Waals surface area contributed by atoms with Crippen molar-refractivity contribution < 1.29 is 13.9 Å². The van der Waals surface area contributed by atoms with Gasteiger partial charge in [0.15, 0.2) is 0 Å². The van der Waals surface area contributed by atoms with Crippen LogP contribution in [0.3, 0.4) is 0 Å². The molecule has 0 radical (unpaired) electrons. The van der Waals surface area contributed by atoms with Gasteiger partial charge in [-0.05, 0) is 36.7 Å². The van der Waals surface area contributed by atoms with Crippen LogP contribution in [0, 0.1) is 5.82 Å². The average Bonchev–Trinajstić information content (AvgIpc) is 2.45. The number of rotatable bonds is 6. The number of nitrogens with two attached hydrogens (primary N) is 1. The molecule has 2 rings (SSSR count). The third-order valence-electron chi connectivity index (χ3n) is 2.74. The molecule has 0 aliphatic heterocycles. The monoisotopic (exact) mass is 276 g/mol. The van der Waals surface area contributed by atoms with Crippen LogP contribution in [0.15, 0.2) is 36.4 Å². The molecule has 0 saturated carbocycles. The number of benzene rings is 1. The highest BCUT2D eigenvalue weighted by Gasteiger charge is 2.03. The number of halogens is 1. The second-order valence-corrected chi connectivity index (χ2v) is 4.29. The summed E-state index contributed by atoms with van der Waals surface area (Å²) in [5, 5.41) is 0. The number of aromatic nitrogens is 1. The SMILES string of the molecule is COc1cccc(COc2cc(F)cc(CCN)c2)n1. The average molecular weight is 276 g/mol. The van der Waals surface area contributed by atoms with Crippen LogP contribution >= 0.6 is 0 Å². The molecule has 2 aromatic rings. The van der Waals surface area contributed by atoms with Gasteiger partial charge in [-0.1, -0.05) is 6.07 Å². The standard InChI is InChI=1S/C15H17FN2O2/c1-19-15-4-2-3-13(18-15)10-20-14-8-11(5-6-17)7-12(16)9-14/h2-4,7-9H,5-6,10,17H2,1H3. The van der Waals surface area contributed by atoms with Crippen molar-refractivity contribution in [3.63, 3.8) is 0 Å². The summed E-state index contributed by atoms with van der Waals surface area (Å²) in [5.41, 5.74) is 7.01. The Hall–Kier alpha value is -2.14. The van der Waals surface area contributed by atoms with Crippen molar-refractivity contribution in [3.8, 4) is 11.6 Å². The molecule has 1 heterocycles. The number of nitrogens with zero attached hydrogens (tertiary/aromatic N) is 1. The maximum Gasteiger partial charge on any atom is 0.213 e. The molecule has 20 heavy (non-hydrogen) atoms. The second kappa shape index (κ2) is 6.86. The van der Waals surface area contributed by atoms with Gasteiger partial charge in [-0.25, -0.2) is 9.37 Å². The Kier molecular flexibility index (Phi) is 4.90. The van der Waals surface area contributed by atoms with Gasteiger partial charge < -0.3 is 15.2 Å². The van der Waals surface area contributed by atoms with Crippen LogP contribution in [0.1, 0.15) is 11.3 Å². The van der Waals surface area contributed by atoms with E-state index >= 15 is 0 Å². The molecule has 0 amide bonds. The molecule has 5 heteroatoms. The lowest BCUT2D eigenvalue weighted by molar-refractivity contribution is 0.296. The summed E-state index contributed by atoms with van der Waals surface area (Å²) < 4.78 is 24.0. The quantitative estimate of drug-likeness (QED) is 0.879. The van der Waals surface area contributed by atoms with Crippen LogP contribution in [0.4, 0.5) is 4.39 Å². The van der Waals surface area contributed by atoms with Crippen molar-refractivity contribution in [2.75, 3.05) is 13.7 Å². The van der Waals surface area contributed by atoms with Crippen LogP contribution in [0.5, 0.6) is 11.6 Å². The molecule has 0 bridgehead atoms. The van der Waals surface area contributed by atoms with Crippen molar-refractivity contribution in [1.82, 2.24) is 4.98 Å². The Morgan fingerprint density at radius 1 is 1.25 bits per heavy atom. The van der Waals surface area contributed by atoms with E-state index in [0.29, 0.717) is 30.3 Å². The van der Waals surface area contributed by atoms with Gasteiger partial charge in [-0.15, -0.1) is 0 Å². The van der Waals surface area contributed by atoms with Gasteiger partial charge in [0, 0.05) is 12.1 Å². The number of hydrogen-bond donors (Lipinski definition) is 1. The summed E-state index contributed by atoms with van der Waals surface area (Å²) in [7, 11) is 1.55. The molecular formula is C15H17FN2O2. The van der Waals surface area contributed by atoms with Crippen molar-refractivity contribution >= 4 is 0 Å². The summed E-state index contributed by atoms with van der Waals surface area (Å²) in [6.45, 7) is 0.725. The zero-order valence-corrected chi connectivity index (χ0v) is 11.3. The molecule has 0 spiro atoms. The minimum Gasteiger partial charge on any atom is -0.487 e. The lowest BCUT2D eigenvalue weighted by Crippen LogP contribution is -2.04. The fourth-order valence-corrected chi connectivity index (χ4v) is 1.82. The highest BCUT2D eigenvalue weighted by atomic mass is 19.1. The molecule has 1 aromatic carbocycles. The summed E-state index contributed by atoms with van der Waals surface area (Å²) >= 11 is 0. The number of pyridine rings is 1. The Balaban J connectivity index is 2.06. The summed E-state index contributed by atoms with van der Waals surface area (Å²) in [5.74, 6) is 0.664. The predicted octanol–water partition coefficient (Wildman–Crippen LogP) is 2.31. The molecular weight excluding hydrogens is 259 g/mol. The fraction of sp³-hybridized carbons (Fsp3) is 0.267. The van der Waals surface area contributed by atoms with Gasteiger partial charge in [-0.2, -0.15) is 0 Å². The topological polar surface area (TPSA) is 57.4 Å². The van der Waals surface area contributed by atoms with Gasteiger partial charge in [-0.3, -0.25) is 0 Å². The van der Waals surface area contributed by atoms with E-state index in [1.807, 2.05) is 12.1 Å².